The summed E-state index contributed by atoms with van der Waals surface area (Å²) in [6, 6.07) is 20.2. The Morgan fingerprint density at radius 1 is 0.962 bits per heavy atom. The van der Waals surface area contributed by atoms with Crippen LogP contribution in [0.3, 0.4) is 0 Å². The highest BCUT2D eigenvalue weighted by atomic mass is 16.5. The zero-order valence-electron chi connectivity index (χ0n) is 15.0. The van der Waals surface area contributed by atoms with Crippen LogP contribution in [0.5, 0.6) is 5.75 Å². The van der Waals surface area contributed by atoms with Crippen LogP contribution in [-0.4, -0.2) is 12.0 Å². The average molecular weight is 345 g/mol. The molecule has 1 N–H and O–H groups in total. The summed E-state index contributed by atoms with van der Waals surface area (Å²) in [5.74, 6) is 0.719. The van der Waals surface area contributed by atoms with Crippen molar-refractivity contribution in [1.82, 2.24) is 0 Å². The van der Waals surface area contributed by atoms with Gasteiger partial charge in [-0.05, 0) is 72.7 Å². The second-order valence-electron chi connectivity index (χ2n) is 6.91. The molecule has 0 radical (unpaired) electrons. The molecule has 26 heavy (non-hydrogen) atoms. The van der Waals surface area contributed by atoms with Crippen molar-refractivity contribution in [2.24, 2.45) is 0 Å². The van der Waals surface area contributed by atoms with Gasteiger partial charge in [0.15, 0.2) is 6.10 Å². The standard InChI is InChI=1S/C23H23NO2/c1-16(26-22-12-6-10-18-8-4-5-11-21(18)22)23(25)24-20-14-13-17-7-2-3-9-19(17)15-20/h2-3,6-7,9-10,12-16H,4-5,8,11H2,1H3,(H,24,25)/t16-/m0/s1. The first-order valence-corrected chi connectivity index (χ1v) is 9.28. The van der Waals surface area contributed by atoms with Crippen LogP contribution in [0.25, 0.3) is 10.8 Å². The van der Waals surface area contributed by atoms with E-state index in [9.17, 15) is 4.79 Å². The number of carbonyl (C=O) groups excluding carboxylic acids is 1. The molecule has 1 atom stereocenters. The van der Waals surface area contributed by atoms with Gasteiger partial charge >= 0.3 is 0 Å². The van der Waals surface area contributed by atoms with E-state index in [1.54, 1.807) is 6.92 Å². The van der Waals surface area contributed by atoms with E-state index in [4.69, 9.17) is 4.74 Å². The number of aryl methyl sites for hydroxylation is 1. The fraction of sp³-hybridized carbons (Fsp3) is 0.261. The number of rotatable bonds is 4. The molecule has 0 unspecified atom stereocenters. The van der Waals surface area contributed by atoms with Crippen molar-refractivity contribution in [1.29, 1.82) is 0 Å². The Balaban J connectivity index is 1.48. The highest BCUT2D eigenvalue weighted by Gasteiger charge is 2.19. The number of nitrogens with one attached hydrogen (secondary N) is 1. The number of fused-ring (bicyclic) bond motifs is 2. The minimum atomic E-state index is -0.546. The van der Waals surface area contributed by atoms with Crippen LogP contribution in [0, 0.1) is 0 Å². The number of amides is 1. The van der Waals surface area contributed by atoms with Crippen molar-refractivity contribution in [2.75, 3.05) is 5.32 Å². The lowest BCUT2D eigenvalue weighted by Gasteiger charge is -2.22. The van der Waals surface area contributed by atoms with E-state index in [-0.39, 0.29) is 5.91 Å². The number of carbonyl (C=O) groups is 1. The van der Waals surface area contributed by atoms with Crippen molar-refractivity contribution in [3.63, 3.8) is 0 Å². The van der Waals surface area contributed by atoms with Gasteiger partial charge in [-0.3, -0.25) is 4.79 Å². The molecule has 3 aromatic rings. The summed E-state index contributed by atoms with van der Waals surface area (Å²) < 4.78 is 6.02. The van der Waals surface area contributed by atoms with E-state index in [0.717, 1.165) is 35.1 Å². The number of hydrogen-bond donors (Lipinski definition) is 1. The molecule has 132 valence electrons. The molecule has 4 rings (SSSR count). The van der Waals surface area contributed by atoms with Gasteiger partial charge in [0.1, 0.15) is 5.75 Å². The number of anilines is 1. The summed E-state index contributed by atoms with van der Waals surface area (Å²) in [6.45, 7) is 1.80. The predicted octanol–water partition coefficient (Wildman–Crippen LogP) is 5.12. The molecule has 0 heterocycles. The molecular formula is C23H23NO2. The molecule has 0 aliphatic heterocycles. The van der Waals surface area contributed by atoms with Gasteiger partial charge in [0.25, 0.3) is 5.91 Å². The topological polar surface area (TPSA) is 38.3 Å². The molecule has 1 aliphatic carbocycles. The van der Waals surface area contributed by atoms with E-state index in [1.165, 1.54) is 24.0 Å². The highest BCUT2D eigenvalue weighted by molar-refractivity contribution is 5.96. The maximum Gasteiger partial charge on any atom is 0.265 e. The van der Waals surface area contributed by atoms with Gasteiger partial charge in [-0.1, -0.05) is 42.5 Å². The van der Waals surface area contributed by atoms with E-state index in [0.29, 0.717) is 0 Å². The normalized spacial score (nSPS) is 14.5. The van der Waals surface area contributed by atoms with Gasteiger partial charge in [0.05, 0.1) is 0 Å². The Labute approximate surface area is 154 Å². The van der Waals surface area contributed by atoms with Crippen LogP contribution >= 0.6 is 0 Å². The minimum absolute atomic E-state index is 0.131. The lowest BCUT2D eigenvalue weighted by Crippen LogP contribution is -2.30. The van der Waals surface area contributed by atoms with Crippen molar-refractivity contribution in [3.05, 3.63) is 71.8 Å². The van der Waals surface area contributed by atoms with Gasteiger partial charge in [0.2, 0.25) is 0 Å². The third-order valence-electron chi connectivity index (χ3n) is 5.04. The molecule has 1 aliphatic rings. The monoisotopic (exact) mass is 345 g/mol. The Bertz CT molecular complexity index is 948. The lowest BCUT2D eigenvalue weighted by atomic mass is 9.91. The lowest BCUT2D eigenvalue weighted by molar-refractivity contribution is -0.122. The van der Waals surface area contributed by atoms with E-state index in [2.05, 4.69) is 17.4 Å². The minimum Gasteiger partial charge on any atom is -0.481 e. The van der Waals surface area contributed by atoms with Crippen LogP contribution in [-0.2, 0) is 17.6 Å². The first-order chi connectivity index (χ1) is 12.7. The molecule has 0 fully saturated rings. The van der Waals surface area contributed by atoms with Crippen molar-refractivity contribution < 1.29 is 9.53 Å². The van der Waals surface area contributed by atoms with E-state index < -0.39 is 6.10 Å². The second kappa shape index (κ2) is 7.20. The van der Waals surface area contributed by atoms with Gasteiger partial charge in [-0.2, -0.15) is 0 Å². The largest absolute Gasteiger partial charge is 0.481 e. The fourth-order valence-corrected chi connectivity index (χ4v) is 3.61. The smallest absolute Gasteiger partial charge is 0.265 e. The Morgan fingerprint density at radius 2 is 1.77 bits per heavy atom. The summed E-state index contributed by atoms with van der Waals surface area (Å²) in [4.78, 5) is 12.6. The van der Waals surface area contributed by atoms with Crippen LogP contribution < -0.4 is 10.1 Å². The number of hydrogen-bond acceptors (Lipinski definition) is 2. The van der Waals surface area contributed by atoms with E-state index >= 15 is 0 Å². The van der Waals surface area contributed by atoms with Gasteiger partial charge in [-0.15, -0.1) is 0 Å². The SMILES string of the molecule is C[C@H](Oc1cccc2c1CCCC2)C(=O)Nc1ccc2ccccc2c1. The summed E-state index contributed by atoms with van der Waals surface area (Å²) in [6.07, 6.45) is 4.00. The quantitative estimate of drug-likeness (QED) is 0.712. The highest BCUT2D eigenvalue weighted by Crippen LogP contribution is 2.30. The summed E-state index contributed by atoms with van der Waals surface area (Å²) in [7, 11) is 0. The van der Waals surface area contributed by atoms with Crippen molar-refractivity contribution in [2.45, 2.75) is 38.7 Å². The third kappa shape index (κ3) is 3.43. The summed E-state index contributed by atoms with van der Waals surface area (Å²) in [5, 5.41) is 5.24. The second-order valence-corrected chi connectivity index (χ2v) is 6.91. The third-order valence-corrected chi connectivity index (χ3v) is 5.04. The van der Waals surface area contributed by atoms with Crippen molar-refractivity contribution >= 4 is 22.4 Å². The zero-order chi connectivity index (χ0) is 17.9. The van der Waals surface area contributed by atoms with Crippen LogP contribution in [0.2, 0.25) is 0 Å². The average Bonchev–Trinajstić information content (AvgIpc) is 2.68. The molecule has 3 nitrogen and oxygen atoms in total. The molecule has 3 heteroatoms. The van der Waals surface area contributed by atoms with Crippen LogP contribution in [0.4, 0.5) is 5.69 Å². The predicted molar refractivity (Wildman–Crippen MR) is 106 cm³/mol. The Kier molecular flexibility index (Phi) is 4.61. The van der Waals surface area contributed by atoms with Crippen molar-refractivity contribution in [3.8, 4) is 5.75 Å². The summed E-state index contributed by atoms with van der Waals surface area (Å²) >= 11 is 0. The Morgan fingerprint density at radius 3 is 2.65 bits per heavy atom. The van der Waals surface area contributed by atoms with Crippen LogP contribution in [0.1, 0.15) is 30.9 Å². The fourth-order valence-electron chi connectivity index (χ4n) is 3.61. The summed E-state index contributed by atoms with van der Waals surface area (Å²) in [5.41, 5.74) is 3.42. The number of ether oxygens (including phenoxy) is 1. The Hall–Kier alpha value is -2.81. The maximum atomic E-state index is 12.6. The molecule has 0 spiro atoms. The van der Waals surface area contributed by atoms with Gasteiger partial charge in [0, 0.05) is 5.69 Å². The molecule has 0 aromatic heterocycles. The van der Waals surface area contributed by atoms with Gasteiger partial charge in [-0.25, -0.2) is 0 Å². The van der Waals surface area contributed by atoms with Gasteiger partial charge < -0.3 is 10.1 Å². The first kappa shape index (κ1) is 16.6. The first-order valence-electron chi connectivity index (χ1n) is 9.28. The maximum absolute atomic E-state index is 12.6. The van der Waals surface area contributed by atoms with Crippen LogP contribution in [0.15, 0.2) is 60.7 Å². The molecule has 0 saturated carbocycles. The number of benzene rings is 3. The molecule has 0 bridgehead atoms. The van der Waals surface area contributed by atoms with E-state index in [1.807, 2.05) is 48.5 Å². The molecule has 0 saturated heterocycles. The molecular weight excluding hydrogens is 322 g/mol. The molecule has 3 aromatic carbocycles. The molecule has 1 amide bonds. The zero-order valence-corrected chi connectivity index (χ0v) is 15.0.